The maximum absolute atomic E-state index is 13.2. The van der Waals surface area contributed by atoms with E-state index in [-0.39, 0.29) is 11.6 Å². The van der Waals surface area contributed by atoms with Crippen molar-refractivity contribution in [2.75, 3.05) is 5.32 Å². The quantitative estimate of drug-likeness (QED) is 0.586. The van der Waals surface area contributed by atoms with Crippen LogP contribution in [0, 0.1) is 21.7 Å². The van der Waals surface area contributed by atoms with E-state index in [4.69, 9.17) is 0 Å². The average Bonchev–Trinajstić information content (AvgIpc) is 2.98. The highest BCUT2D eigenvalue weighted by molar-refractivity contribution is 5.67. The minimum Gasteiger partial charge on any atom is -0.317 e. The number of tetrazole rings is 1. The summed E-state index contributed by atoms with van der Waals surface area (Å²) in [5.41, 5.74) is 0.0110. The third-order valence-corrected chi connectivity index (χ3v) is 2.94. The van der Waals surface area contributed by atoms with Gasteiger partial charge < -0.3 is 5.32 Å². The average molecular weight is 318 g/mol. The molecule has 0 saturated heterocycles. The second-order valence-corrected chi connectivity index (χ2v) is 4.43. The smallest absolute Gasteiger partial charge is 0.295 e. The van der Waals surface area contributed by atoms with Crippen LogP contribution in [0.15, 0.2) is 42.5 Å². The van der Waals surface area contributed by atoms with E-state index in [9.17, 15) is 18.9 Å². The molecular weight excluding hydrogens is 310 g/mol. The summed E-state index contributed by atoms with van der Waals surface area (Å²) in [4.78, 5) is 10.3. The van der Waals surface area contributed by atoms with E-state index in [0.717, 1.165) is 12.1 Å². The van der Waals surface area contributed by atoms with Crippen LogP contribution in [0.5, 0.6) is 0 Å². The summed E-state index contributed by atoms with van der Waals surface area (Å²) in [6.45, 7) is 0. The van der Waals surface area contributed by atoms with Gasteiger partial charge in [0, 0.05) is 0 Å². The predicted octanol–water partition coefficient (Wildman–Crippen LogP) is 2.59. The van der Waals surface area contributed by atoms with Gasteiger partial charge in [0.05, 0.1) is 16.7 Å². The van der Waals surface area contributed by atoms with Gasteiger partial charge in [-0.15, -0.1) is 0 Å². The fourth-order valence-corrected chi connectivity index (χ4v) is 1.90. The molecule has 0 unspecified atom stereocenters. The molecule has 0 fully saturated rings. The molecule has 1 aromatic heterocycles. The molecule has 0 spiro atoms. The number of nitro benzene ring substituents is 1. The monoisotopic (exact) mass is 318 g/mol. The molecule has 10 heteroatoms. The minimum absolute atomic E-state index is 0.0227. The number of rotatable bonds is 4. The molecule has 0 radical (unpaired) electrons. The van der Waals surface area contributed by atoms with Crippen LogP contribution < -0.4 is 5.32 Å². The van der Waals surface area contributed by atoms with Crippen molar-refractivity contribution in [3.8, 4) is 5.69 Å². The lowest BCUT2D eigenvalue weighted by Crippen LogP contribution is -2.05. The summed E-state index contributed by atoms with van der Waals surface area (Å²) in [5, 5.41) is 24.6. The van der Waals surface area contributed by atoms with Gasteiger partial charge in [0.15, 0.2) is 0 Å². The summed E-state index contributed by atoms with van der Waals surface area (Å²) in [6, 6.07) is 8.39. The molecule has 3 rings (SSSR count). The summed E-state index contributed by atoms with van der Waals surface area (Å²) in [6.07, 6.45) is 0. The van der Waals surface area contributed by atoms with Gasteiger partial charge in [-0.25, -0.2) is 8.78 Å². The Labute approximate surface area is 127 Å². The maximum atomic E-state index is 13.2. The number of hydrogen-bond acceptors (Lipinski definition) is 6. The molecule has 3 aromatic rings. The van der Waals surface area contributed by atoms with Gasteiger partial charge in [-0.3, -0.25) is 10.1 Å². The molecule has 1 N–H and O–H groups in total. The number of nitrogens with zero attached hydrogens (tertiary/aromatic N) is 5. The molecule has 8 nitrogen and oxygen atoms in total. The van der Waals surface area contributed by atoms with Crippen molar-refractivity contribution >= 4 is 17.3 Å². The molecule has 1 heterocycles. The van der Waals surface area contributed by atoms with Gasteiger partial charge in [0.25, 0.3) is 11.6 Å². The molecule has 0 amide bonds. The van der Waals surface area contributed by atoms with Crippen LogP contribution in [-0.2, 0) is 0 Å². The van der Waals surface area contributed by atoms with Crippen molar-refractivity contribution in [2.45, 2.75) is 0 Å². The maximum Gasteiger partial charge on any atom is 0.295 e. The predicted molar refractivity (Wildman–Crippen MR) is 75.4 cm³/mol. The summed E-state index contributed by atoms with van der Waals surface area (Å²) < 4.78 is 27.4. The highest BCUT2D eigenvalue weighted by Crippen LogP contribution is 2.28. The second kappa shape index (κ2) is 5.75. The van der Waals surface area contributed by atoms with Gasteiger partial charge >= 0.3 is 0 Å². The van der Waals surface area contributed by atoms with Crippen LogP contribution in [0.4, 0.5) is 26.1 Å². The first kappa shape index (κ1) is 14.5. The van der Waals surface area contributed by atoms with Crippen molar-refractivity contribution in [3.05, 3.63) is 64.2 Å². The van der Waals surface area contributed by atoms with Crippen LogP contribution in [0.2, 0.25) is 0 Å². The number of halogens is 2. The Morgan fingerprint density at radius 2 is 1.78 bits per heavy atom. The molecular formula is C13H8F2N6O2. The molecule has 0 saturated carbocycles. The van der Waals surface area contributed by atoms with Crippen molar-refractivity contribution in [3.63, 3.8) is 0 Å². The molecule has 116 valence electrons. The van der Waals surface area contributed by atoms with Gasteiger partial charge in [-0.2, -0.15) is 4.68 Å². The zero-order valence-corrected chi connectivity index (χ0v) is 11.3. The lowest BCUT2D eigenvalue weighted by molar-refractivity contribution is -0.384. The number of nitro groups is 1. The molecule has 0 aliphatic rings. The number of nitrogens with one attached hydrogen (secondary N) is 1. The van der Waals surface area contributed by atoms with Crippen molar-refractivity contribution in [2.24, 2.45) is 0 Å². The first-order valence-electron chi connectivity index (χ1n) is 6.30. The van der Waals surface area contributed by atoms with Crippen LogP contribution in [-0.4, -0.2) is 25.1 Å². The Morgan fingerprint density at radius 1 is 1.09 bits per heavy atom. The standard InChI is InChI=1S/C13H8F2N6O2/c14-8-1-4-10(5-2-8)20-13(17-18-19-20)16-11-6-3-9(15)7-12(11)21(22)23/h1-7H,(H,16,17,19). The zero-order chi connectivity index (χ0) is 16.4. The Morgan fingerprint density at radius 3 is 2.48 bits per heavy atom. The number of aromatic nitrogens is 4. The van der Waals surface area contributed by atoms with Gasteiger partial charge in [0.1, 0.15) is 17.3 Å². The van der Waals surface area contributed by atoms with E-state index in [0.29, 0.717) is 5.69 Å². The van der Waals surface area contributed by atoms with Gasteiger partial charge in [-0.05, 0) is 46.8 Å². The van der Waals surface area contributed by atoms with E-state index in [2.05, 4.69) is 20.8 Å². The van der Waals surface area contributed by atoms with E-state index in [1.54, 1.807) is 0 Å². The van der Waals surface area contributed by atoms with E-state index in [1.165, 1.54) is 35.0 Å². The highest BCUT2D eigenvalue weighted by atomic mass is 19.1. The summed E-state index contributed by atoms with van der Waals surface area (Å²) >= 11 is 0. The first-order valence-corrected chi connectivity index (χ1v) is 6.30. The Hall–Kier alpha value is -3.43. The second-order valence-electron chi connectivity index (χ2n) is 4.43. The van der Waals surface area contributed by atoms with Crippen LogP contribution in [0.25, 0.3) is 5.69 Å². The van der Waals surface area contributed by atoms with Gasteiger partial charge in [0.2, 0.25) is 0 Å². The van der Waals surface area contributed by atoms with Crippen LogP contribution in [0.1, 0.15) is 0 Å². The zero-order valence-electron chi connectivity index (χ0n) is 11.3. The molecule has 0 aliphatic carbocycles. The van der Waals surface area contributed by atoms with E-state index < -0.39 is 22.2 Å². The van der Waals surface area contributed by atoms with Crippen LogP contribution in [0.3, 0.4) is 0 Å². The number of anilines is 2. The normalized spacial score (nSPS) is 10.5. The third kappa shape index (κ3) is 2.95. The van der Waals surface area contributed by atoms with Crippen LogP contribution >= 0.6 is 0 Å². The molecule has 2 aromatic carbocycles. The SMILES string of the molecule is O=[N+]([O-])c1cc(F)ccc1Nc1nnnn1-c1ccc(F)cc1. The minimum atomic E-state index is -0.736. The summed E-state index contributed by atoms with van der Waals surface area (Å²) in [5.74, 6) is -1.10. The Balaban J connectivity index is 1.98. The molecule has 0 aliphatic heterocycles. The lowest BCUT2D eigenvalue weighted by Gasteiger charge is -2.07. The highest BCUT2D eigenvalue weighted by Gasteiger charge is 2.18. The van der Waals surface area contributed by atoms with Crippen molar-refractivity contribution in [1.29, 1.82) is 0 Å². The topological polar surface area (TPSA) is 98.8 Å². The number of hydrogen-bond donors (Lipinski definition) is 1. The fraction of sp³-hybridized carbons (Fsp3) is 0. The van der Waals surface area contributed by atoms with Crippen molar-refractivity contribution < 1.29 is 13.7 Å². The Kier molecular flexibility index (Phi) is 3.63. The summed E-state index contributed by atoms with van der Waals surface area (Å²) in [7, 11) is 0. The lowest BCUT2D eigenvalue weighted by atomic mass is 10.2. The van der Waals surface area contributed by atoms with Crippen molar-refractivity contribution in [1.82, 2.24) is 20.2 Å². The first-order chi connectivity index (χ1) is 11.0. The van der Waals surface area contributed by atoms with E-state index >= 15 is 0 Å². The molecule has 23 heavy (non-hydrogen) atoms. The molecule has 0 bridgehead atoms. The third-order valence-electron chi connectivity index (χ3n) is 2.94. The largest absolute Gasteiger partial charge is 0.317 e. The Bertz CT molecular complexity index is 865. The molecule has 0 atom stereocenters. The fourth-order valence-electron chi connectivity index (χ4n) is 1.90. The van der Waals surface area contributed by atoms with E-state index in [1.807, 2.05) is 0 Å². The van der Waals surface area contributed by atoms with Gasteiger partial charge in [-0.1, -0.05) is 5.10 Å². The number of benzene rings is 2.